The van der Waals surface area contributed by atoms with Crippen LogP contribution in [0, 0.1) is 5.92 Å². The van der Waals surface area contributed by atoms with Crippen LogP contribution in [0.3, 0.4) is 0 Å². The Morgan fingerprint density at radius 3 is 2.57 bits per heavy atom. The van der Waals surface area contributed by atoms with Gasteiger partial charge < -0.3 is 4.74 Å². The number of para-hydroxylation sites is 1. The molecule has 0 bridgehead atoms. The van der Waals surface area contributed by atoms with E-state index in [1.54, 1.807) is 12.1 Å². The summed E-state index contributed by atoms with van der Waals surface area (Å²) in [5.74, 6) is 1.51. The van der Waals surface area contributed by atoms with Crippen molar-refractivity contribution in [2.24, 2.45) is 11.0 Å². The van der Waals surface area contributed by atoms with Crippen LogP contribution >= 0.6 is 11.6 Å². The van der Waals surface area contributed by atoms with Crippen LogP contribution in [0.1, 0.15) is 43.4 Å². The molecule has 0 spiro atoms. The monoisotopic (exact) mass is 425 g/mol. The molecule has 0 aliphatic carbocycles. The van der Waals surface area contributed by atoms with E-state index in [-0.39, 0.29) is 11.9 Å². The zero-order chi connectivity index (χ0) is 21.1. The van der Waals surface area contributed by atoms with Gasteiger partial charge in [0.25, 0.3) is 5.91 Å². The number of amides is 1. The van der Waals surface area contributed by atoms with Gasteiger partial charge in [0.05, 0.1) is 25.4 Å². The first-order chi connectivity index (χ1) is 14.6. The molecule has 0 N–H and O–H groups in total. The second-order valence-electron chi connectivity index (χ2n) is 8.19. The van der Waals surface area contributed by atoms with Gasteiger partial charge in [0, 0.05) is 22.6 Å². The summed E-state index contributed by atoms with van der Waals surface area (Å²) in [5, 5.41) is 7.06. The van der Waals surface area contributed by atoms with Crippen LogP contribution in [0.15, 0.2) is 53.6 Å². The lowest BCUT2D eigenvalue weighted by atomic mass is 9.97. The topological polar surface area (TPSA) is 45.1 Å². The fourth-order valence-corrected chi connectivity index (χ4v) is 4.51. The number of likely N-dealkylation sites (tertiary alicyclic amines) is 1. The van der Waals surface area contributed by atoms with E-state index in [4.69, 9.17) is 21.4 Å². The van der Waals surface area contributed by atoms with Gasteiger partial charge in [-0.15, -0.1) is 0 Å². The van der Waals surface area contributed by atoms with Crippen molar-refractivity contribution in [1.82, 2.24) is 9.91 Å². The number of ether oxygens (including phenoxy) is 1. The molecular weight excluding hydrogens is 398 g/mol. The lowest BCUT2D eigenvalue weighted by Crippen LogP contribution is -2.41. The number of carbonyl (C=O) groups is 1. The minimum atomic E-state index is -0.205. The molecule has 2 heterocycles. The third-order valence-corrected chi connectivity index (χ3v) is 6.41. The Morgan fingerprint density at radius 2 is 1.83 bits per heavy atom. The number of carbonyl (C=O) groups excluding carboxylic acids is 1. The SMILES string of the molecule is COc1ccccc1[C@@H]1CC(c2ccccc2Cl)=NN1C(=O)CN1CCC(C)CC1. The highest BCUT2D eigenvalue weighted by Crippen LogP contribution is 2.38. The molecule has 2 aromatic carbocycles. The zero-order valence-electron chi connectivity index (χ0n) is 17.6. The summed E-state index contributed by atoms with van der Waals surface area (Å²) in [6.07, 6.45) is 2.88. The lowest BCUT2D eigenvalue weighted by Gasteiger charge is -2.31. The molecule has 1 atom stereocenters. The fourth-order valence-electron chi connectivity index (χ4n) is 4.27. The summed E-state index contributed by atoms with van der Waals surface area (Å²) in [4.78, 5) is 15.6. The van der Waals surface area contributed by atoms with E-state index in [2.05, 4.69) is 11.8 Å². The van der Waals surface area contributed by atoms with Crippen molar-refractivity contribution in [2.75, 3.05) is 26.7 Å². The molecule has 0 aromatic heterocycles. The van der Waals surface area contributed by atoms with Crippen LogP contribution in [-0.4, -0.2) is 48.3 Å². The largest absolute Gasteiger partial charge is 0.496 e. The molecule has 2 aromatic rings. The van der Waals surface area contributed by atoms with Gasteiger partial charge in [-0.1, -0.05) is 54.9 Å². The van der Waals surface area contributed by atoms with E-state index in [9.17, 15) is 4.79 Å². The molecule has 6 heteroatoms. The Balaban J connectivity index is 1.63. The summed E-state index contributed by atoms with van der Waals surface area (Å²) in [7, 11) is 1.66. The number of nitrogens with zero attached hydrogens (tertiary/aromatic N) is 3. The summed E-state index contributed by atoms with van der Waals surface area (Å²) < 4.78 is 5.59. The maximum absolute atomic E-state index is 13.3. The van der Waals surface area contributed by atoms with Crippen LogP contribution in [0.2, 0.25) is 5.02 Å². The number of methoxy groups -OCH3 is 1. The molecule has 1 fully saturated rings. The maximum atomic E-state index is 13.3. The smallest absolute Gasteiger partial charge is 0.257 e. The molecule has 5 nitrogen and oxygen atoms in total. The number of halogens is 1. The van der Waals surface area contributed by atoms with Gasteiger partial charge in [0.2, 0.25) is 0 Å². The molecule has 158 valence electrons. The van der Waals surface area contributed by atoms with Gasteiger partial charge in [0.1, 0.15) is 5.75 Å². The molecule has 30 heavy (non-hydrogen) atoms. The van der Waals surface area contributed by atoms with Crippen molar-refractivity contribution in [2.45, 2.75) is 32.2 Å². The lowest BCUT2D eigenvalue weighted by molar-refractivity contribution is -0.134. The van der Waals surface area contributed by atoms with Crippen molar-refractivity contribution in [3.8, 4) is 5.75 Å². The second kappa shape index (κ2) is 9.19. The van der Waals surface area contributed by atoms with E-state index in [1.165, 1.54) is 0 Å². The first-order valence-corrected chi connectivity index (χ1v) is 10.9. The maximum Gasteiger partial charge on any atom is 0.257 e. The summed E-state index contributed by atoms with van der Waals surface area (Å²) in [6.45, 7) is 4.58. The fraction of sp³-hybridized carbons (Fsp3) is 0.417. The Labute approximate surface area is 183 Å². The highest BCUT2D eigenvalue weighted by Gasteiger charge is 2.36. The highest BCUT2D eigenvalue weighted by molar-refractivity contribution is 6.34. The summed E-state index contributed by atoms with van der Waals surface area (Å²) in [6, 6.07) is 15.3. The average molecular weight is 426 g/mol. The van der Waals surface area contributed by atoms with Gasteiger partial charge in [-0.25, -0.2) is 5.01 Å². The number of hydrogen-bond acceptors (Lipinski definition) is 4. The van der Waals surface area contributed by atoms with Crippen LogP contribution in [-0.2, 0) is 4.79 Å². The quantitative estimate of drug-likeness (QED) is 0.693. The summed E-state index contributed by atoms with van der Waals surface area (Å²) in [5.41, 5.74) is 2.67. The Morgan fingerprint density at radius 1 is 1.13 bits per heavy atom. The predicted molar refractivity (Wildman–Crippen MR) is 120 cm³/mol. The highest BCUT2D eigenvalue weighted by atomic mass is 35.5. The first kappa shape index (κ1) is 20.9. The Bertz CT molecular complexity index is 938. The molecular formula is C24H28ClN3O2. The Kier molecular flexibility index (Phi) is 6.40. The summed E-state index contributed by atoms with van der Waals surface area (Å²) >= 11 is 6.44. The molecule has 0 radical (unpaired) electrons. The van der Waals surface area contributed by atoms with Crippen LogP contribution in [0.25, 0.3) is 0 Å². The van der Waals surface area contributed by atoms with Crippen molar-refractivity contribution in [3.05, 3.63) is 64.7 Å². The van der Waals surface area contributed by atoms with Gasteiger partial charge in [0.15, 0.2) is 0 Å². The van der Waals surface area contributed by atoms with Crippen molar-refractivity contribution < 1.29 is 9.53 Å². The molecule has 4 rings (SSSR count). The average Bonchev–Trinajstić information content (AvgIpc) is 3.21. The van der Waals surface area contributed by atoms with Gasteiger partial charge >= 0.3 is 0 Å². The molecule has 0 saturated carbocycles. The van der Waals surface area contributed by atoms with Crippen LogP contribution in [0.4, 0.5) is 0 Å². The Hall–Kier alpha value is -2.37. The van der Waals surface area contributed by atoms with E-state index in [0.29, 0.717) is 18.0 Å². The standard InChI is InChI=1S/C24H28ClN3O2/c1-17-11-13-27(14-12-17)16-24(29)28-22(19-8-4-6-10-23(19)30-2)15-21(26-28)18-7-3-5-9-20(18)25/h3-10,17,22H,11-16H2,1-2H3/t22-/m0/s1. The number of piperidine rings is 1. The minimum absolute atomic E-state index is 0.0162. The van der Waals surface area contributed by atoms with Crippen LogP contribution < -0.4 is 4.74 Å². The molecule has 1 amide bonds. The number of benzene rings is 2. The zero-order valence-corrected chi connectivity index (χ0v) is 18.3. The van der Waals surface area contributed by atoms with E-state index in [1.807, 2.05) is 48.5 Å². The molecule has 2 aliphatic rings. The van der Waals surface area contributed by atoms with E-state index >= 15 is 0 Å². The van der Waals surface area contributed by atoms with Gasteiger partial charge in [-0.3, -0.25) is 9.69 Å². The van der Waals surface area contributed by atoms with E-state index in [0.717, 1.165) is 54.4 Å². The van der Waals surface area contributed by atoms with Crippen molar-refractivity contribution >= 4 is 23.2 Å². The van der Waals surface area contributed by atoms with Crippen LogP contribution in [0.5, 0.6) is 5.75 Å². The van der Waals surface area contributed by atoms with Crippen molar-refractivity contribution in [3.63, 3.8) is 0 Å². The number of rotatable bonds is 5. The third-order valence-electron chi connectivity index (χ3n) is 6.08. The molecule has 1 saturated heterocycles. The number of hydrogen-bond donors (Lipinski definition) is 0. The molecule has 2 aliphatic heterocycles. The van der Waals surface area contributed by atoms with Gasteiger partial charge in [-0.05, 0) is 44.0 Å². The normalized spacial score (nSPS) is 20.3. The number of hydrazone groups is 1. The second-order valence-corrected chi connectivity index (χ2v) is 8.59. The van der Waals surface area contributed by atoms with E-state index < -0.39 is 0 Å². The van der Waals surface area contributed by atoms with Crippen molar-refractivity contribution in [1.29, 1.82) is 0 Å². The third kappa shape index (κ3) is 4.37. The first-order valence-electron chi connectivity index (χ1n) is 10.6. The van der Waals surface area contributed by atoms with Gasteiger partial charge in [-0.2, -0.15) is 5.10 Å². The molecule has 0 unspecified atom stereocenters. The minimum Gasteiger partial charge on any atom is -0.496 e. The predicted octanol–water partition coefficient (Wildman–Crippen LogP) is 4.76.